The Labute approximate surface area is 225 Å². The van der Waals surface area contributed by atoms with E-state index in [0.29, 0.717) is 5.57 Å². The van der Waals surface area contributed by atoms with Crippen LogP contribution in [0.15, 0.2) is 71.9 Å². The summed E-state index contributed by atoms with van der Waals surface area (Å²) in [6, 6.07) is -0.379. The predicted molar refractivity (Wildman–Crippen MR) is 128 cm³/mol. The van der Waals surface area contributed by atoms with E-state index in [1.807, 2.05) is 75.5 Å². The van der Waals surface area contributed by atoms with E-state index in [4.69, 9.17) is 9.47 Å². The molecular weight excluding hydrogens is 441 g/mol. The number of Topliss-reactive ketones (excluding diaryl/α,β-unsaturated/α-hetero) is 1. The van der Waals surface area contributed by atoms with Crippen LogP contribution < -0.4 is 29.6 Å². The van der Waals surface area contributed by atoms with Crippen LogP contribution >= 0.6 is 0 Å². The van der Waals surface area contributed by atoms with Crippen molar-refractivity contribution in [2.75, 3.05) is 7.05 Å². The number of carbonyl (C=O) groups is 2. The Kier molecular flexibility index (Phi) is 10.9. The summed E-state index contributed by atoms with van der Waals surface area (Å²) in [7, 11) is 1.69. The summed E-state index contributed by atoms with van der Waals surface area (Å²) in [5.41, 5.74) is 0.964. The van der Waals surface area contributed by atoms with Crippen molar-refractivity contribution in [2.24, 2.45) is 5.92 Å². The van der Waals surface area contributed by atoms with Crippen molar-refractivity contribution < 1.29 is 53.7 Å². The predicted octanol–water partition coefficient (Wildman–Crippen LogP) is 0.459. The fourth-order valence-electron chi connectivity index (χ4n) is 4.62. The molecule has 6 atom stereocenters. The topological polar surface area (TPSA) is 76.1 Å². The molecule has 0 radical (unpaired) electrons. The molecule has 3 aliphatic rings. The van der Waals surface area contributed by atoms with Crippen LogP contribution in [0.3, 0.4) is 0 Å². The Bertz CT molecular complexity index is 929. The Balaban J connectivity index is 0.00000408. The smallest absolute Gasteiger partial charge is 0.387 e. The van der Waals surface area contributed by atoms with Gasteiger partial charge in [0.2, 0.25) is 0 Å². The molecule has 3 rings (SSSR count). The van der Waals surface area contributed by atoms with Gasteiger partial charge in [-0.25, -0.2) is 0 Å². The fourth-order valence-corrected chi connectivity index (χ4v) is 4.62. The largest absolute Gasteiger partial charge is 1.00 e. The molecule has 0 aromatic rings. The number of ketones is 1. The Morgan fingerprint density at radius 2 is 1.62 bits per heavy atom. The number of hydrogen-bond acceptors (Lipinski definition) is 5. The molecule has 0 bridgehead atoms. The van der Waals surface area contributed by atoms with Gasteiger partial charge < -0.3 is 19.5 Å². The first-order chi connectivity index (χ1) is 15.7. The van der Waals surface area contributed by atoms with E-state index in [0.717, 1.165) is 6.42 Å². The van der Waals surface area contributed by atoms with Crippen molar-refractivity contribution in [3.8, 4) is 0 Å². The number of amides is 1. The summed E-state index contributed by atoms with van der Waals surface area (Å²) in [5, 5.41) is 10.3. The summed E-state index contributed by atoms with van der Waals surface area (Å²) in [4.78, 5) is 26.6. The monoisotopic (exact) mass is 476 g/mol. The number of allylic oxidation sites excluding steroid dienone is 10. The Morgan fingerprint density at radius 3 is 2.18 bits per heavy atom. The number of likely N-dealkylation sites (N-methyl/N-ethyl adjacent to an activating group) is 1. The fraction of sp³-hybridized carbons (Fsp3) is 0.481. The van der Waals surface area contributed by atoms with Gasteiger partial charge in [-0.1, -0.05) is 74.6 Å². The van der Waals surface area contributed by atoms with Gasteiger partial charge in [0.05, 0.1) is 23.8 Å². The van der Waals surface area contributed by atoms with E-state index in [-0.39, 0.29) is 83.2 Å². The maximum Gasteiger partial charge on any atom is 1.00 e. The third kappa shape index (κ3) is 6.56. The Hall–Kier alpha value is -1.54. The average Bonchev–Trinajstić information content (AvgIpc) is 3.33. The molecule has 3 fully saturated rings. The number of rotatable bonds is 7. The van der Waals surface area contributed by atoms with Crippen LogP contribution in [0.4, 0.5) is 0 Å². The number of aliphatic hydroxyl groups is 1. The van der Waals surface area contributed by atoms with Gasteiger partial charge in [0.25, 0.3) is 5.91 Å². The van der Waals surface area contributed by atoms with Crippen molar-refractivity contribution in [1.29, 1.82) is 0 Å². The molecule has 178 valence electrons. The van der Waals surface area contributed by atoms with Crippen LogP contribution in [0.25, 0.3) is 0 Å². The molecule has 0 aromatic heterocycles. The van der Waals surface area contributed by atoms with Crippen molar-refractivity contribution in [3.63, 3.8) is 0 Å². The van der Waals surface area contributed by atoms with E-state index < -0.39 is 6.10 Å². The molecule has 0 unspecified atom stereocenters. The minimum Gasteiger partial charge on any atom is -0.387 e. The molecule has 3 saturated heterocycles. The summed E-state index contributed by atoms with van der Waals surface area (Å²) >= 11 is 0. The Morgan fingerprint density at radius 1 is 1.03 bits per heavy atom. The molecule has 1 amide bonds. The molecule has 0 saturated carbocycles. The first-order valence-electron chi connectivity index (χ1n) is 11.6. The van der Waals surface area contributed by atoms with Gasteiger partial charge in [0, 0.05) is 13.5 Å². The summed E-state index contributed by atoms with van der Waals surface area (Å²) in [5.74, 6) is -0.215. The van der Waals surface area contributed by atoms with Gasteiger partial charge in [-0.05, 0) is 25.3 Å². The normalized spacial score (nSPS) is 33.7. The minimum atomic E-state index is -0.625. The molecule has 3 heterocycles. The molecule has 0 spiro atoms. The standard InChI is InChI=1S/C27H35NO5.Na/c1-17(2)23-25(30)22(27(31)28(23)5)18(3)14-12-10-8-6-7-9-11-13-15-20-24(29)26-21(33-20)16-19(4)32-26;/h6-15,17,19-21,23-24,26,29H,16H2,1-5H3;/q;+1/b7-6+,10-8+,11-9+,14-12+,15-13+,22-18+;/t19-,20+,21-,23+,24-,26+;/m1./s1. The minimum absolute atomic E-state index is 0. The quantitative estimate of drug-likeness (QED) is 0.250. The molecule has 6 nitrogen and oxygen atoms in total. The number of ether oxygens (including phenoxy) is 2. The van der Waals surface area contributed by atoms with Crippen LogP contribution in [-0.2, 0) is 19.1 Å². The zero-order valence-corrected chi connectivity index (χ0v) is 23.0. The molecule has 7 heteroatoms. The number of nitrogens with zero attached hydrogens (tertiary/aromatic N) is 1. The van der Waals surface area contributed by atoms with Crippen LogP contribution in [0.5, 0.6) is 0 Å². The van der Waals surface area contributed by atoms with Crippen LogP contribution in [0.2, 0.25) is 0 Å². The van der Waals surface area contributed by atoms with Crippen LogP contribution in [0, 0.1) is 5.92 Å². The van der Waals surface area contributed by atoms with E-state index in [1.165, 1.54) is 0 Å². The first kappa shape index (κ1) is 28.7. The van der Waals surface area contributed by atoms with E-state index in [9.17, 15) is 14.7 Å². The van der Waals surface area contributed by atoms with Gasteiger partial charge in [-0.15, -0.1) is 0 Å². The van der Waals surface area contributed by atoms with Crippen molar-refractivity contribution in [2.45, 2.75) is 70.7 Å². The summed E-state index contributed by atoms with van der Waals surface area (Å²) in [6.45, 7) is 7.69. The third-order valence-electron chi connectivity index (χ3n) is 6.24. The van der Waals surface area contributed by atoms with Crippen molar-refractivity contribution >= 4 is 11.7 Å². The van der Waals surface area contributed by atoms with Crippen molar-refractivity contribution in [3.05, 3.63) is 71.9 Å². The van der Waals surface area contributed by atoms with E-state index >= 15 is 0 Å². The third-order valence-corrected chi connectivity index (χ3v) is 6.24. The van der Waals surface area contributed by atoms with Gasteiger partial charge in [-0.3, -0.25) is 9.59 Å². The number of aliphatic hydroxyl groups excluding tert-OH is 1. The maximum atomic E-state index is 12.6. The van der Waals surface area contributed by atoms with Gasteiger partial charge >= 0.3 is 29.6 Å². The number of carbonyl (C=O) groups excluding carboxylic acids is 2. The number of fused-ring (bicyclic) bond motifs is 1. The second kappa shape index (κ2) is 13.0. The number of likely N-dealkylation sites (tertiary alicyclic amines) is 1. The average molecular weight is 477 g/mol. The van der Waals surface area contributed by atoms with Crippen LogP contribution in [-0.4, -0.2) is 65.3 Å². The molecular formula is C27H35NNaO5+. The number of hydrogen-bond donors (Lipinski definition) is 1. The maximum absolute atomic E-state index is 12.6. The first-order valence-corrected chi connectivity index (χ1v) is 11.6. The molecule has 0 aliphatic carbocycles. The van der Waals surface area contributed by atoms with Crippen LogP contribution in [0.1, 0.15) is 34.1 Å². The summed E-state index contributed by atoms with van der Waals surface area (Å²) in [6.07, 6.45) is 18.3. The summed E-state index contributed by atoms with van der Waals surface area (Å²) < 4.78 is 11.6. The zero-order valence-electron chi connectivity index (χ0n) is 21.0. The molecule has 34 heavy (non-hydrogen) atoms. The van der Waals surface area contributed by atoms with Gasteiger partial charge in [0.15, 0.2) is 5.78 Å². The van der Waals surface area contributed by atoms with Gasteiger partial charge in [0.1, 0.15) is 18.3 Å². The second-order valence-electron chi connectivity index (χ2n) is 9.20. The SMILES string of the molecule is CC(/C=C/C=C/C=C/C=C/C=C/[C@@H]1O[C@@H]2C[C@@H](C)O[C@@H]2[C@@H]1O)=C1/C(=O)[C@H](C(C)C)N(C)C1=O.[Na+]. The second-order valence-corrected chi connectivity index (χ2v) is 9.20. The van der Waals surface area contributed by atoms with Crippen molar-refractivity contribution in [1.82, 2.24) is 4.90 Å². The van der Waals surface area contributed by atoms with E-state index in [1.54, 1.807) is 24.9 Å². The molecule has 0 aromatic carbocycles. The molecule has 1 N–H and O–H groups in total. The van der Waals surface area contributed by atoms with E-state index in [2.05, 4.69) is 0 Å². The molecule has 3 aliphatic heterocycles. The zero-order chi connectivity index (χ0) is 24.1. The van der Waals surface area contributed by atoms with Gasteiger partial charge in [-0.2, -0.15) is 0 Å².